The molecule has 1 fully saturated rings. The molecule has 0 radical (unpaired) electrons. The van der Waals surface area contributed by atoms with Crippen molar-refractivity contribution in [1.29, 1.82) is 0 Å². The van der Waals surface area contributed by atoms with Gasteiger partial charge in [0, 0.05) is 6.04 Å². The lowest BCUT2D eigenvalue weighted by atomic mass is 9.98. The lowest BCUT2D eigenvalue weighted by Crippen LogP contribution is -2.20. The molecular formula is C10H19N. The van der Waals surface area contributed by atoms with Crippen LogP contribution in [0.4, 0.5) is 0 Å². The normalized spacial score (nSPS) is 22.5. The van der Waals surface area contributed by atoms with Gasteiger partial charge < -0.3 is 5.73 Å². The van der Waals surface area contributed by atoms with Crippen LogP contribution in [0, 0.1) is 5.41 Å². The molecule has 1 rings (SSSR count). The van der Waals surface area contributed by atoms with Crippen LogP contribution in [-0.2, 0) is 0 Å². The van der Waals surface area contributed by atoms with Gasteiger partial charge in [-0.05, 0) is 38.5 Å². The maximum absolute atomic E-state index is 5.92. The van der Waals surface area contributed by atoms with Crippen LogP contribution in [0.15, 0.2) is 11.6 Å². The van der Waals surface area contributed by atoms with Gasteiger partial charge in [0.05, 0.1) is 0 Å². The highest BCUT2D eigenvalue weighted by Gasteiger charge is 2.37. The van der Waals surface area contributed by atoms with Gasteiger partial charge in [-0.2, -0.15) is 0 Å². The summed E-state index contributed by atoms with van der Waals surface area (Å²) >= 11 is 0. The van der Waals surface area contributed by atoms with Crippen molar-refractivity contribution in [3.8, 4) is 0 Å². The predicted molar refractivity (Wildman–Crippen MR) is 49.4 cm³/mol. The monoisotopic (exact) mass is 153 g/mol. The molecule has 2 N–H and O–H groups in total. The SMILES string of the molecule is CC(C)=CC(N)CC1(C)CC1. The van der Waals surface area contributed by atoms with Gasteiger partial charge in [-0.15, -0.1) is 0 Å². The Morgan fingerprint density at radius 1 is 1.55 bits per heavy atom. The van der Waals surface area contributed by atoms with E-state index in [2.05, 4.69) is 26.8 Å². The van der Waals surface area contributed by atoms with Crippen molar-refractivity contribution >= 4 is 0 Å². The van der Waals surface area contributed by atoms with Crippen LogP contribution in [0.3, 0.4) is 0 Å². The molecule has 1 atom stereocenters. The number of nitrogens with two attached hydrogens (primary N) is 1. The predicted octanol–water partition coefficient (Wildman–Crippen LogP) is 2.47. The van der Waals surface area contributed by atoms with Crippen LogP contribution in [0.1, 0.15) is 40.0 Å². The van der Waals surface area contributed by atoms with Crippen molar-refractivity contribution in [2.45, 2.75) is 46.1 Å². The Balaban J connectivity index is 2.31. The Hall–Kier alpha value is -0.300. The van der Waals surface area contributed by atoms with Gasteiger partial charge in [0.1, 0.15) is 0 Å². The van der Waals surface area contributed by atoms with Gasteiger partial charge in [-0.25, -0.2) is 0 Å². The highest BCUT2D eigenvalue weighted by atomic mass is 14.6. The zero-order valence-electron chi connectivity index (χ0n) is 7.85. The number of allylic oxidation sites excluding steroid dienone is 1. The van der Waals surface area contributed by atoms with Crippen LogP contribution < -0.4 is 5.73 Å². The summed E-state index contributed by atoms with van der Waals surface area (Å²) in [6, 6.07) is 0.285. The fourth-order valence-corrected chi connectivity index (χ4v) is 1.47. The quantitative estimate of drug-likeness (QED) is 0.619. The minimum Gasteiger partial charge on any atom is -0.324 e. The Kier molecular flexibility index (Phi) is 2.38. The first kappa shape index (κ1) is 8.79. The molecule has 0 amide bonds. The van der Waals surface area contributed by atoms with Gasteiger partial charge in [-0.1, -0.05) is 18.6 Å². The van der Waals surface area contributed by atoms with E-state index in [4.69, 9.17) is 5.73 Å². The van der Waals surface area contributed by atoms with Crippen molar-refractivity contribution in [3.63, 3.8) is 0 Å². The molecule has 0 aromatic carbocycles. The van der Waals surface area contributed by atoms with E-state index in [0.717, 1.165) is 6.42 Å². The first-order chi connectivity index (χ1) is 5.02. The lowest BCUT2D eigenvalue weighted by Gasteiger charge is -2.12. The largest absolute Gasteiger partial charge is 0.324 e. The molecule has 0 bridgehead atoms. The molecule has 1 heteroatoms. The third kappa shape index (κ3) is 3.06. The fourth-order valence-electron chi connectivity index (χ4n) is 1.47. The van der Waals surface area contributed by atoms with Crippen molar-refractivity contribution < 1.29 is 0 Å². The topological polar surface area (TPSA) is 26.0 Å². The molecule has 1 aliphatic carbocycles. The molecule has 1 nitrogen and oxygen atoms in total. The van der Waals surface area contributed by atoms with Crippen LogP contribution in [0.25, 0.3) is 0 Å². The molecule has 0 heterocycles. The molecule has 1 saturated carbocycles. The summed E-state index contributed by atoms with van der Waals surface area (Å²) in [5.41, 5.74) is 7.85. The summed E-state index contributed by atoms with van der Waals surface area (Å²) in [6.45, 7) is 6.54. The minimum absolute atomic E-state index is 0.285. The molecular weight excluding hydrogens is 134 g/mol. The molecule has 64 valence electrons. The maximum atomic E-state index is 5.92. The van der Waals surface area contributed by atoms with E-state index in [-0.39, 0.29) is 6.04 Å². The Morgan fingerprint density at radius 3 is 2.45 bits per heavy atom. The molecule has 1 aliphatic rings. The van der Waals surface area contributed by atoms with Gasteiger partial charge in [-0.3, -0.25) is 0 Å². The molecule has 0 aliphatic heterocycles. The second kappa shape index (κ2) is 2.98. The fraction of sp³-hybridized carbons (Fsp3) is 0.800. The van der Waals surface area contributed by atoms with E-state index in [0.29, 0.717) is 5.41 Å². The van der Waals surface area contributed by atoms with Crippen LogP contribution in [0.5, 0.6) is 0 Å². The van der Waals surface area contributed by atoms with E-state index in [9.17, 15) is 0 Å². The Bertz CT molecular complexity index is 162. The summed E-state index contributed by atoms with van der Waals surface area (Å²) in [5, 5.41) is 0. The van der Waals surface area contributed by atoms with Crippen molar-refractivity contribution in [2.24, 2.45) is 11.1 Å². The summed E-state index contributed by atoms with van der Waals surface area (Å²) in [5.74, 6) is 0. The highest BCUT2D eigenvalue weighted by molar-refractivity contribution is 5.03. The van der Waals surface area contributed by atoms with Gasteiger partial charge in [0.25, 0.3) is 0 Å². The number of hydrogen-bond donors (Lipinski definition) is 1. The summed E-state index contributed by atoms with van der Waals surface area (Å²) < 4.78 is 0. The smallest absolute Gasteiger partial charge is 0.0231 e. The molecule has 0 spiro atoms. The second-order valence-electron chi connectivity index (χ2n) is 4.42. The lowest BCUT2D eigenvalue weighted by molar-refractivity contribution is 0.485. The molecule has 1 unspecified atom stereocenters. The van der Waals surface area contributed by atoms with Gasteiger partial charge in [0.2, 0.25) is 0 Å². The van der Waals surface area contributed by atoms with Crippen LogP contribution in [-0.4, -0.2) is 6.04 Å². The standard InChI is InChI=1S/C10H19N/c1-8(2)6-9(11)7-10(3)4-5-10/h6,9H,4-5,7,11H2,1-3H3. The zero-order valence-corrected chi connectivity index (χ0v) is 7.85. The van der Waals surface area contributed by atoms with Gasteiger partial charge in [0.15, 0.2) is 0 Å². The molecule has 0 saturated heterocycles. The van der Waals surface area contributed by atoms with Gasteiger partial charge >= 0.3 is 0 Å². The molecule has 11 heavy (non-hydrogen) atoms. The van der Waals surface area contributed by atoms with Crippen molar-refractivity contribution in [1.82, 2.24) is 0 Å². The minimum atomic E-state index is 0.285. The van der Waals surface area contributed by atoms with Crippen LogP contribution >= 0.6 is 0 Å². The van der Waals surface area contributed by atoms with E-state index >= 15 is 0 Å². The molecule has 0 aromatic heterocycles. The van der Waals surface area contributed by atoms with E-state index in [1.807, 2.05) is 0 Å². The van der Waals surface area contributed by atoms with Crippen LogP contribution in [0.2, 0.25) is 0 Å². The highest BCUT2D eigenvalue weighted by Crippen LogP contribution is 2.48. The first-order valence-corrected chi connectivity index (χ1v) is 4.42. The Labute approximate surface area is 69.7 Å². The zero-order chi connectivity index (χ0) is 8.48. The average Bonchev–Trinajstić information content (AvgIpc) is 2.44. The van der Waals surface area contributed by atoms with Crippen molar-refractivity contribution in [3.05, 3.63) is 11.6 Å². The first-order valence-electron chi connectivity index (χ1n) is 4.42. The Morgan fingerprint density at radius 2 is 2.09 bits per heavy atom. The third-order valence-corrected chi connectivity index (χ3v) is 2.38. The maximum Gasteiger partial charge on any atom is 0.0231 e. The van der Waals surface area contributed by atoms with E-state index in [1.54, 1.807) is 0 Å². The van der Waals surface area contributed by atoms with E-state index in [1.165, 1.54) is 18.4 Å². The third-order valence-electron chi connectivity index (χ3n) is 2.38. The number of rotatable bonds is 3. The summed E-state index contributed by atoms with van der Waals surface area (Å²) in [6.07, 6.45) is 6.08. The molecule has 0 aromatic rings. The van der Waals surface area contributed by atoms with Crippen molar-refractivity contribution in [2.75, 3.05) is 0 Å². The summed E-state index contributed by atoms with van der Waals surface area (Å²) in [4.78, 5) is 0. The second-order valence-corrected chi connectivity index (χ2v) is 4.42. The average molecular weight is 153 g/mol. The summed E-state index contributed by atoms with van der Waals surface area (Å²) in [7, 11) is 0. The van der Waals surface area contributed by atoms with E-state index < -0.39 is 0 Å². The number of hydrogen-bond acceptors (Lipinski definition) is 1.